The van der Waals surface area contributed by atoms with E-state index >= 15 is 0 Å². The molecule has 1 saturated heterocycles. The molecule has 0 aromatic carbocycles. The molecule has 0 aliphatic carbocycles. The number of aromatic nitrogens is 4. The number of anilines is 1. The number of carbonyl (C=O) groups excluding carboxylic acids is 1. The Morgan fingerprint density at radius 1 is 1.32 bits per heavy atom. The van der Waals surface area contributed by atoms with E-state index in [2.05, 4.69) is 14.9 Å². The average molecular weight is 387 g/mol. The zero-order valence-corrected chi connectivity index (χ0v) is 15.7. The van der Waals surface area contributed by atoms with Crippen molar-refractivity contribution in [2.45, 2.75) is 30.7 Å². The van der Waals surface area contributed by atoms with Crippen LogP contribution in [0, 0.1) is 6.92 Å². The van der Waals surface area contributed by atoms with E-state index in [0.717, 1.165) is 0 Å². The summed E-state index contributed by atoms with van der Waals surface area (Å²) in [4.78, 5) is 14.2. The Bertz CT molecular complexity index is 919. The molecule has 2 aromatic heterocycles. The predicted molar refractivity (Wildman–Crippen MR) is 91.9 cm³/mol. The molecule has 2 aromatic rings. The second-order valence-electron chi connectivity index (χ2n) is 5.95. The summed E-state index contributed by atoms with van der Waals surface area (Å²) in [6.45, 7) is 2.08. The first kappa shape index (κ1) is 17.9. The van der Waals surface area contributed by atoms with Gasteiger partial charge in [-0.2, -0.15) is 14.9 Å². The number of piperidine rings is 1. The number of carbonyl (C=O) groups is 1. The van der Waals surface area contributed by atoms with Crippen molar-refractivity contribution in [3.8, 4) is 0 Å². The van der Waals surface area contributed by atoms with Gasteiger partial charge in [-0.15, -0.1) is 0 Å². The van der Waals surface area contributed by atoms with Crippen LogP contribution in [0.15, 0.2) is 17.2 Å². The van der Waals surface area contributed by atoms with E-state index in [0.29, 0.717) is 25.2 Å². The summed E-state index contributed by atoms with van der Waals surface area (Å²) < 4.78 is 30.8. The summed E-state index contributed by atoms with van der Waals surface area (Å²) in [5.74, 6) is 0.320. The van der Waals surface area contributed by atoms with Gasteiger partial charge in [0.25, 0.3) is 0 Å². The maximum atomic E-state index is 12.8. The summed E-state index contributed by atoms with van der Waals surface area (Å²) in [7, 11) is -0.680. The highest BCUT2D eigenvalue weighted by atomic mass is 35.5. The minimum absolute atomic E-state index is 0.0109. The maximum absolute atomic E-state index is 12.8. The topological polar surface area (TPSA) is 102 Å². The number of sulfonamides is 1. The first-order chi connectivity index (χ1) is 11.7. The normalized spacial score (nSPS) is 18.8. The lowest BCUT2D eigenvalue weighted by atomic mass is 10.1. The highest BCUT2D eigenvalue weighted by Gasteiger charge is 2.36. The number of halogens is 1. The molecule has 25 heavy (non-hydrogen) atoms. The van der Waals surface area contributed by atoms with Gasteiger partial charge in [-0.25, -0.2) is 8.42 Å². The van der Waals surface area contributed by atoms with Crippen molar-refractivity contribution in [2.24, 2.45) is 14.1 Å². The van der Waals surface area contributed by atoms with E-state index in [9.17, 15) is 13.2 Å². The molecule has 11 heteroatoms. The van der Waals surface area contributed by atoms with E-state index < -0.39 is 16.1 Å². The van der Waals surface area contributed by atoms with Gasteiger partial charge in [0.1, 0.15) is 21.9 Å². The Hall–Kier alpha value is -1.91. The van der Waals surface area contributed by atoms with Gasteiger partial charge in [0, 0.05) is 26.7 Å². The number of hydrogen-bond acceptors (Lipinski definition) is 5. The first-order valence-electron chi connectivity index (χ1n) is 7.73. The zero-order chi connectivity index (χ0) is 18.4. The average Bonchev–Trinajstić information content (AvgIpc) is 3.05. The van der Waals surface area contributed by atoms with Crippen LogP contribution in [0.1, 0.15) is 18.5 Å². The molecule has 1 atom stereocenters. The van der Waals surface area contributed by atoms with Crippen LogP contribution in [-0.2, 0) is 28.9 Å². The van der Waals surface area contributed by atoms with Crippen LogP contribution >= 0.6 is 11.6 Å². The van der Waals surface area contributed by atoms with Gasteiger partial charge in [0.2, 0.25) is 15.9 Å². The number of rotatable bonds is 4. The van der Waals surface area contributed by atoms with Gasteiger partial charge >= 0.3 is 0 Å². The number of amides is 1. The van der Waals surface area contributed by atoms with Crippen LogP contribution in [0.5, 0.6) is 0 Å². The van der Waals surface area contributed by atoms with Crippen molar-refractivity contribution in [1.82, 2.24) is 24.3 Å². The highest BCUT2D eigenvalue weighted by Crippen LogP contribution is 2.26. The smallest absolute Gasteiger partial charge is 0.246 e. The second kappa shape index (κ2) is 6.43. The summed E-state index contributed by atoms with van der Waals surface area (Å²) >= 11 is 6.06. The van der Waals surface area contributed by atoms with Crippen LogP contribution in [0.25, 0.3) is 0 Å². The number of hydrogen-bond donors (Lipinski definition) is 1. The molecule has 3 rings (SSSR count). The highest BCUT2D eigenvalue weighted by molar-refractivity contribution is 7.89. The van der Waals surface area contributed by atoms with Crippen LogP contribution < -0.4 is 9.62 Å². The molecule has 0 unspecified atom stereocenters. The molecular formula is C14H19ClN6O3S. The van der Waals surface area contributed by atoms with Crippen LogP contribution in [0.4, 0.5) is 5.82 Å². The molecule has 0 radical (unpaired) electrons. The maximum Gasteiger partial charge on any atom is 0.246 e. The molecule has 0 saturated carbocycles. The lowest BCUT2D eigenvalue weighted by molar-refractivity contribution is -0.121. The van der Waals surface area contributed by atoms with Crippen molar-refractivity contribution in [1.29, 1.82) is 0 Å². The van der Waals surface area contributed by atoms with Crippen molar-refractivity contribution in [3.63, 3.8) is 0 Å². The first-order valence-corrected chi connectivity index (χ1v) is 9.59. The summed E-state index contributed by atoms with van der Waals surface area (Å²) in [5.41, 5.74) is 0.284. The molecular weight excluding hydrogens is 368 g/mol. The van der Waals surface area contributed by atoms with Crippen LogP contribution in [-0.4, -0.2) is 46.5 Å². The van der Waals surface area contributed by atoms with Crippen molar-refractivity contribution in [2.75, 3.05) is 11.4 Å². The molecule has 0 spiro atoms. The Morgan fingerprint density at radius 2 is 2.04 bits per heavy atom. The largest absolute Gasteiger partial charge is 0.296 e. The van der Waals surface area contributed by atoms with Crippen LogP contribution in [0.3, 0.4) is 0 Å². The number of aryl methyl sites for hydroxylation is 3. The molecule has 0 bridgehead atoms. The zero-order valence-electron chi connectivity index (χ0n) is 14.1. The van der Waals surface area contributed by atoms with Gasteiger partial charge in [-0.05, 0) is 19.8 Å². The van der Waals surface area contributed by atoms with Gasteiger partial charge < -0.3 is 0 Å². The molecule has 1 N–H and O–H groups in total. The fourth-order valence-electron chi connectivity index (χ4n) is 3.01. The minimum atomic E-state index is -3.97. The fourth-order valence-corrected chi connectivity index (χ4v) is 4.98. The Kier molecular flexibility index (Phi) is 4.60. The van der Waals surface area contributed by atoms with E-state index in [1.165, 1.54) is 4.68 Å². The number of nitrogens with zero attached hydrogens (tertiary/aromatic N) is 5. The molecule has 9 nitrogen and oxygen atoms in total. The molecule has 1 amide bonds. The lowest BCUT2D eigenvalue weighted by Gasteiger charge is -2.32. The molecule has 1 aliphatic rings. The Labute approximate surface area is 150 Å². The molecule has 3 heterocycles. The minimum Gasteiger partial charge on any atom is -0.296 e. The monoisotopic (exact) mass is 386 g/mol. The van der Waals surface area contributed by atoms with Gasteiger partial charge in [0.15, 0.2) is 0 Å². The summed E-state index contributed by atoms with van der Waals surface area (Å²) in [6.07, 6.45) is 2.68. The Morgan fingerprint density at radius 3 is 2.60 bits per heavy atom. The molecule has 1 fully saturated rings. The van der Waals surface area contributed by atoms with Gasteiger partial charge in [0.05, 0.1) is 11.9 Å². The fraction of sp³-hybridized carbons (Fsp3) is 0.500. The van der Waals surface area contributed by atoms with Crippen molar-refractivity contribution in [3.05, 3.63) is 23.1 Å². The third kappa shape index (κ3) is 3.16. The molecule has 136 valence electrons. The summed E-state index contributed by atoms with van der Waals surface area (Å²) in [5, 5.41) is 8.08. The van der Waals surface area contributed by atoms with Crippen molar-refractivity contribution >= 4 is 33.3 Å². The van der Waals surface area contributed by atoms with E-state index in [1.54, 1.807) is 42.9 Å². The van der Waals surface area contributed by atoms with E-state index in [-0.39, 0.29) is 21.6 Å². The summed E-state index contributed by atoms with van der Waals surface area (Å²) in [6, 6.07) is 0.862. The van der Waals surface area contributed by atoms with E-state index in [1.807, 2.05) is 0 Å². The SMILES string of the molecule is Cc1nn(C)c(Cl)c1S(=O)(=O)N[C@@H]1CCCN(c2ccnn2C)C1=O. The Balaban J connectivity index is 1.87. The quantitative estimate of drug-likeness (QED) is 0.828. The standard InChI is InChI=1S/C14H19ClN6O3S/c1-9-12(13(15)20(3)17-9)25(23,24)18-10-5-4-8-21(14(10)22)11-6-7-16-19(11)2/h6-7,10,18H,4-5,8H2,1-3H3/t10-/m1/s1. The van der Waals surface area contributed by atoms with Crippen LogP contribution in [0.2, 0.25) is 5.15 Å². The lowest BCUT2D eigenvalue weighted by Crippen LogP contribution is -2.52. The van der Waals surface area contributed by atoms with Gasteiger partial charge in [-0.3, -0.25) is 19.1 Å². The van der Waals surface area contributed by atoms with Gasteiger partial charge in [-0.1, -0.05) is 11.6 Å². The van der Waals surface area contributed by atoms with Crippen molar-refractivity contribution < 1.29 is 13.2 Å². The third-order valence-corrected chi connectivity index (χ3v) is 6.34. The number of nitrogens with one attached hydrogen (secondary N) is 1. The molecule has 1 aliphatic heterocycles. The van der Waals surface area contributed by atoms with E-state index in [4.69, 9.17) is 11.6 Å². The second-order valence-corrected chi connectivity index (χ2v) is 7.96. The third-order valence-electron chi connectivity index (χ3n) is 4.18. The predicted octanol–water partition coefficient (Wildman–Crippen LogP) is 0.589.